The number of benzene rings is 1. The zero-order chi connectivity index (χ0) is 14.5. The largest absolute Gasteiger partial charge is 0.342 e. The topological polar surface area (TPSA) is 40.6 Å². The van der Waals surface area contributed by atoms with Crippen molar-refractivity contribution in [2.75, 3.05) is 24.5 Å². The standard InChI is InChI=1S/C16H22N2O2/c1-3-18(15-9-5-4-6-10-15)16(20)14-8-7-11-17(12-14)13(2)19/h4-6,9-10,14H,3,7-8,11-12H2,1-2H3. The van der Waals surface area contributed by atoms with Gasteiger partial charge in [0, 0.05) is 32.2 Å². The molecule has 1 aromatic carbocycles. The van der Waals surface area contributed by atoms with Crippen LogP contribution >= 0.6 is 0 Å². The van der Waals surface area contributed by atoms with E-state index in [4.69, 9.17) is 0 Å². The number of anilines is 1. The monoisotopic (exact) mass is 274 g/mol. The Labute approximate surface area is 120 Å². The molecule has 0 aromatic heterocycles. The van der Waals surface area contributed by atoms with Crippen LogP contribution < -0.4 is 4.90 Å². The summed E-state index contributed by atoms with van der Waals surface area (Å²) in [7, 11) is 0. The molecule has 1 saturated heterocycles. The smallest absolute Gasteiger partial charge is 0.231 e. The van der Waals surface area contributed by atoms with Gasteiger partial charge in [-0.3, -0.25) is 9.59 Å². The van der Waals surface area contributed by atoms with E-state index in [9.17, 15) is 9.59 Å². The lowest BCUT2D eigenvalue weighted by Gasteiger charge is -2.34. The molecule has 0 saturated carbocycles. The maximum atomic E-state index is 12.7. The van der Waals surface area contributed by atoms with Crippen LogP contribution in [0.1, 0.15) is 26.7 Å². The number of carbonyl (C=O) groups is 2. The van der Waals surface area contributed by atoms with Gasteiger partial charge in [-0.15, -0.1) is 0 Å². The van der Waals surface area contributed by atoms with E-state index in [1.165, 1.54) is 0 Å². The minimum absolute atomic E-state index is 0.0604. The Morgan fingerprint density at radius 3 is 2.60 bits per heavy atom. The minimum atomic E-state index is -0.0761. The Kier molecular flexibility index (Phi) is 4.77. The molecule has 1 aromatic rings. The van der Waals surface area contributed by atoms with Gasteiger partial charge in [0.2, 0.25) is 11.8 Å². The summed E-state index contributed by atoms with van der Waals surface area (Å²) in [4.78, 5) is 27.8. The number of piperidine rings is 1. The molecule has 1 heterocycles. The summed E-state index contributed by atoms with van der Waals surface area (Å²) in [5.41, 5.74) is 0.931. The third kappa shape index (κ3) is 3.18. The highest BCUT2D eigenvalue weighted by molar-refractivity contribution is 5.95. The van der Waals surface area contributed by atoms with E-state index in [1.807, 2.05) is 42.2 Å². The van der Waals surface area contributed by atoms with Gasteiger partial charge in [-0.25, -0.2) is 0 Å². The van der Waals surface area contributed by atoms with Gasteiger partial charge < -0.3 is 9.80 Å². The second-order valence-electron chi connectivity index (χ2n) is 5.22. The zero-order valence-electron chi connectivity index (χ0n) is 12.2. The SMILES string of the molecule is CCN(C(=O)C1CCCN(C(C)=O)C1)c1ccccc1. The van der Waals surface area contributed by atoms with Crippen molar-refractivity contribution in [3.05, 3.63) is 30.3 Å². The number of rotatable bonds is 3. The Balaban J connectivity index is 2.11. The van der Waals surface area contributed by atoms with Crippen LogP contribution in [0.15, 0.2) is 30.3 Å². The Morgan fingerprint density at radius 2 is 2.00 bits per heavy atom. The lowest BCUT2D eigenvalue weighted by molar-refractivity contribution is -0.133. The molecule has 20 heavy (non-hydrogen) atoms. The van der Waals surface area contributed by atoms with Gasteiger partial charge in [0.05, 0.1) is 5.92 Å². The van der Waals surface area contributed by atoms with Crippen LogP contribution in [-0.4, -0.2) is 36.3 Å². The summed E-state index contributed by atoms with van der Waals surface area (Å²) in [5, 5.41) is 0. The van der Waals surface area contributed by atoms with Crippen LogP contribution in [0.3, 0.4) is 0 Å². The number of likely N-dealkylation sites (tertiary alicyclic amines) is 1. The highest BCUT2D eigenvalue weighted by Crippen LogP contribution is 2.22. The first-order chi connectivity index (χ1) is 9.63. The number of hydrogen-bond donors (Lipinski definition) is 0. The van der Waals surface area contributed by atoms with E-state index >= 15 is 0 Å². The molecule has 0 spiro atoms. The van der Waals surface area contributed by atoms with Crippen molar-refractivity contribution in [1.82, 2.24) is 4.90 Å². The van der Waals surface area contributed by atoms with Crippen molar-refractivity contribution >= 4 is 17.5 Å². The molecule has 4 heteroatoms. The normalized spacial score (nSPS) is 18.7. The second-order valence-corrected chi connectivity index (χ2v) is 5.22. The second kappa shape index (κ2) is 6.55. The van der Waals surface area contributed by atoms with Gasteiger partial charge in [0.1, 0.15) is 0 Å². The summed E-state index contributed by atoms with van der Waals surface area (Å²) in [6.45, 7) is 5.53. The van der Waals surface area contributed by atoms with Gasteiger partial charge in [-0.1, -0.05) is 18.2 Å². The molecule has 2 rings (SSSR count). The third-order valence-electron chi connectivity index (χ3n) is 3.87. The molecule has 1 aliphatic heterocycles. The minimum Gasteiger partial charge on any atom is -0.342 e. The molecular weight excluding hydrogens is 252 g/mol. The summed E-state index contributed by atoms with van der Waals surface area (Å²) in [6, 6.07) is 9.72. The summed E-state index contributed by atoms with van der Waals surface area (Å²) in [6.07, 6.45) is 1.77. The molecule has 0 N–H and O–H groups in total. The van der Waals surface area contributed by atoms with Gasteiger partial charge in [0.15, 0.2) is 0 Å². The predicted octanol–water partition coefficient (Wildman–Crippen LogP) is 2.30. The number of carbonyl (C=O) groups excluding carboxylic acids is 2. The van der Waals surface area contributed by atoms with Gasteiger partial charge in [0.25, 0.3) is 0 Å². The molecule has 1 unspecified atom stereocenters. The van der Waals surface area contributed by atoms with E-state index in [1.54, 1.807) is 11.8 Å². The zero-order valence-corrected chi connectivity index (χ0v) is 12.2. The fourth-order valence-corrected chi connectivity index (χ4v) is 2.76. The first kappa shape index (κ1) is 14.6. The third-order valence-corrected chi connectivity index (χ3v) is 3.87. The van der Waals surface area contributed by atoms with Crippen LogP contribution in [0.2, 0.25) is 0 Å². The number of hydrogen-bond acceptors (Lipinski definition) is 2. The molecule has 2 amide bonds. The molecule has 1 atom stereocenters. The molecule has 0 bridgehead atoms. The van der Waals surface area contributed by atoms with E-state index in [0.717, 1.165) is 25.1 Å². The number of para-hydroxylation sites is 1. The highest BCUT2D eigenvalue weighted by atomic mass is 16.2. The molecular formula is C16H22N2O2. The summed E-state index contributed by atoms with van der Waals surface area (Å²) >= 11 is 0. The average Bonchev–Trinajstić information content (AvgIpc) is 2.49. The average molecular weight is 274 g/mol. The van der Waals surface area contributed by atoms with Crippen molar-refractivity contribution in [3.8, 4) is 0 Å². The van der Waals surface area contributed by atoms with E-state index in [0.29, 0.717) is 13.1 Å². The van der Waals surface area contributed by atoms with Gasteiger partial charge >= 0.3 is 0 Å². The maximum Gasteiger partial charge on any atom is 0.231 e. The quantitative estimate of drug-likeness (QED) is 0.848. The summed E-state index contributed by atoms with van der Waals surface area (Å²) < 4.78 is 0. The molecule has 0 aliphatic carbocycles. The molecule has 108 valence electrons. The van der Waals surface area contributed by atoms with Crippen molar-refractivity contribution < 1.29 is 9.59 Å². The number of nitrogens with zero attached hydrogens (tertiary/aromatic N) is 2. The van der Waals surface area contributed by atoms with Crippen LogP contribution in [0.4, 0.5) is 5.69 Å². The van der Waals surface area contributed by atoms with Gasteiger partial charge in [-0.2, -0.15) is 0 Å². The lowest BCUT2D eigenvalue weighted by Crippen LogP contribution is -2.46. The first-order valence-corrected chi connectivity index (χ1v) is 7.25. The molecule has 1 aliphatic rings. The Hall–Kier alpha value is -1.84. The lowest BCUT2D eigenvalue weighted by atomic mass is 9.96. The van der Waals surface area contributed by atoms with Crippen LogP contribution in [0.25, 0.3) is 0 Å². The van der Waals surface area contributed by atoms with Crippen LogP contribution in [0, 0.1) is 5.92 Å². The van der Waals surface area contributed by atoms with Crippen LogP contribution in [0.5, 0.6) is 0 Å². The van der Waals surface area contributed by atoms with E-state index < -0.39 is 0 Å². The van der Waals surface area contributed by atoms with Gasteiger partial charge in [-0.05, 0) is 31.9 Å². The fraction of sp³-hybridized carbons (Fsp3) is 0.500. The molecule has 0 radical (unpaired) electrons. The Bertz CT molecular complexity index is 473. The summed E-state index contributed by atoms with van der Waals surface area (Å²) in [5.74, 6) is 0.114. The van der Waals surface area contributed by atoms with Crippen molar-refractivity contribution in [2.45, 2.75) is 26.7 Å². The molecule has 4 nitrogen and oxygen atoms in total. The van der Waals surface area contributed by atoms with Crippen LogP contribution in [-0.2, 0) is 9.59 Å². The fourth-order valence-electron chi connectivity index (χ4n) is 2.76. The maximum absolute atomic E-state index is 12.7. The van der Waals surface area contributed by atoms with Crippen molar-refractivity contribution in [1.29, 1.82) is 0 Å². The van der Waals surface area contributed by atoms with Crippen molar-refractivity contribution in [2.24, 2.45) is 5.92 Å². The predicted molar refractivity (Wildman–Crippen MR) is 79.4 cm³/mol. The number of amides is 2. The highest BCUT2D eigenvalue weighted by Gasteiger charge is 2.30. The molecule has 1 fully saturated rings. The Morgan fingerprint density at radius 1 is 1.30 bits per heavy atom. The van der Waals surface area contributed by atoms with E-state index in [2.05, 4.69) is 0 Å². The first-order valence-electron chi connectivity index (χ1n) is 7.25. The van der Waals surface area contributed by atoms with E-state index in [-0.39, 0.29) is 17.7 Å². The van der Waals surface area contributed by atoms with Crippen molar-refractivity contribution in [3.63, 3.8) is 0 Å².